The minimum absolute atomic E-state index is 0.0371. The molecule has 0 radical (unpaired) electrons. The number of benzene rings is 2. The molecule has 2 aromatic carbocycles. The Labute approximate surface area is 168 Å². The van der Waals surface area contributed by atoms with Gasteiger partial charge in [-0.15, -0.1) is 11.3 Å². The smallest absolute Gasteiger partial charge is 0.395 e. The van der Waals surface area contributed by atoms with E-state index in [1.54, 1.807) is 17.5 Å². The number of aromatic nitrogens is 2. The SMILES string of the molecule is CCCC(C)Oc1nc2c(OCc3ccccc3)ccc(-c3nccs3)c2o1. The summed E-state index contributed by atoms with van der Waals surface area (Å²) in [5, 5.41) is 2.82. The number of hydrogen-bond acceptors (Lipinski definition) is 6. The van der Waals surface area contributed by atoms with Crippen LogP contribution in [0.2, 0.25) is 0 Å². The van der Waals surface area contributed by atoms with E-state index in [4.69, 9.17) is 13.9 Å². The molecule has 2 heterocycles. The molecule has 2 aromatic heterocycles. The predicted molar refractivity (Wildman–Crippen MR) is 111 cm³/mol. The molecule has 28 heavy (non-hydrogen) atoms. The maximum atomic E-state index is 6.05. The molecule has 4 aromatic rings. The zero-order valence-electron chi connectivity index (χ0n) is 15.9. The van der Waals surface area contributed by atoms with Crippen LogP contribution in [-0.2, 0) is 6.61 Å². The fourth-order valence-corrected chi connectivity index (χ4v) is 3.69. The molecule has 0 aliphatic heterocycles. The Hall–Kier alpha value is -2.86. The van der Waals surface area contributed by atoms with E-state index in [2.05, 4.69) is 16.9 Å². The van der Waals surface area contributed by atoms with Crippen molar-refractivity contribution in [1.82, 2.24) is 9.97 Å². The van der Waals surface area contributed by atoms with Crippen LogP contribution in [0.25, 0.3) is 21.7 Å². The third-order valence-electron chi connectivity index (χ3n) is 4.38. The minimum Gasteiger partial charge on any atom is -0.486 e. The standard InChI is InChI=1S/C22H22N2O3S/c1-3-7-15(2)26-22-24-19-18(25-14-16-8-5-4-6-9-16)11-10-17(20(19)27-22)21-23-12-13-28-21/h4-6,8-13,15H,3,7,14H2,1-2H3. The van der Waals surface area contributed by atoms with Crippen LogP contribution in [-0.4, -0.2) is 16.1 Å². The molecule has 0 spiro atoms. The summed E-state index contributed by atoms with van der Waals surface area (Å²) in [5.41, 5.74) is 3.28. The van der Waals surface area contributed by atoms with E-state index < -0.39 is 0 Å². The van der Waals surface area contributed by atoms with Crippen molar-refractivity contribution < 1.29 is 13.9 Å². The molecule has 0 saturated heterocycles. The Balaban J connectivity index is 1.69. The molecule has 0 saturated carbocycles. The Morgan fingerprint density at radius 2 is 2.00 bits per heavy atom. The van der Waals surface area contributed by atoms with Crippen LogP contribution < -0.4 is 9.47 Å². The maximum absolute atomic E-state index is 6.05. The fourth-order valence-electron chi connectivity index (χ4n) is 3.03. The van der Waals surface area contributed by atoms with Gasteiger partial charge in [-0.25, -0.2) is 4.98 Å². The summed E-state index contributed by atoms with van der Waals surface area (Å²) in [6, 6.07) is 13.9. The first kappa shape index (κ1) is 18.5. The molecule has 6 heteroatoms. The molecule has 1 atom stereocenters. The third-order valence-corrected chi connectivity index (χ3v) is 5.19. The average molecular weight is 394 g/mol. The highest BCUT2D eigenvalue weighted by Crippen LogP contribution is 2.38. The summed E-state index contributed by atoms with van der Waals surface area (Å²) >= 11 is 1.56. The van der Waals surface area contributed by atoms with E-state index in [1.807, 2.05) is 54.8 Å². The zero-order chi connectivity index (χ0) is 19.3. The van der Waals surface area contributed by atoms with E-state index in [0.717, 1.165) is 29.0 Å². The highest BCUT2D eigenvalue weighted by molar-refractivity contribution is 7.13. The lowest BCUT2D eigenvalue weighted by Gasteiger charge is -2.08. The second-order valence-electron chi connectivity index (χ2n) is 6.60. The van der Waals surface area contributed by atoms with Gasteiger partial charge in [0, 0.05) is 11.6 Å². The Morgan fingerprint density at radius 1 is 1.14 bits per heavy atom. The Bertz CT molecular complexity index is 1030. The summed E-state index contributed by atoms with van der Waals surface area (Å²) in [4.78, 5) is 8.99. The van der Waals surface area contributed by atoms with Crippen LogP contribution in [0.15, 0.2) is 58.5 Å². The first-order valence-electron chi connectivity index (χ1n) is 9.41. The highest BCUT2D eigenvalue weighted by atomic mass is 32.1. The van der Waals surface area contributed by atoms with Crippen molar-refractivity contribution in [3.63, 3.8) is 0 Å². The largest absolute Gasteiger partial charge is 0.486 e. The van der Waals surface area contributed by atoms with E-state index in [-0.39, 0.29) is 12.2 Å². The van der Waals surface area contributed by atoms with Gasteiger partial charge in [-0.05, 0) is 31.0 Å². The molecule has 0 aliphatic carbocycles. The van der Waals surface area contributed by atoms with Crippen molar-refractivity contribution in [2.45, 2.75) is 39.4 Å². The molecular weight excluding hydrogens is 372 g/mol. The number of nitrogens with zero attached hydrogens (tertiary/aromatic N) is 2. The number of rotatable bonds is 8. The van der Waals surface area contributed by atoms with Crippen LogP contribution in [0, 0.1) is 0 Å². The molecular formula is C22H22N2O3S. The summed E-state index contributed by atoms with van der Waals surface area (Å²) in [6.07, 6.45) is 4.06. The van der Waals surface area contributed by atoms with Gasteiger partial charge in [0.15, 0.2) is 11.1 Å². The van der Waals surface area contributed by atoms with E-state index in [9.17, 15) is 0 Å². The quantitative estimate of drug-likeness (QED) is 0.361. The third kappa shape index (κ3) is 4.02. The van der Waals surface area contributed by atoms with E-state index >= 15 is 0 Å². The zero-order valence-corrected chi connectivity index (χ0v) is 16.7. The van der Waals surface area contributed by atoms with Crippen molar-refractivity contribution in [2.24, 2.45) is 0 Å². The van der Waals surface area contributed by atoms with Gasteiger partial charge in [0.2, 0.25) is 0 Å². The normalized spacial score (nSPS) is 12.2. The monoisotopic (exact) mass is 394 g/mol. The van der Waals surface area contributed by atoms with Crippen LogP contribution in [0.1, 0.15) is 32.3 Å². The summed E-state index contributed by atoms with van der Waals surface area (Å²) in [6.45, 7) is 4.61. The second kappa shape index (κ2) is 8.44. The number of hydrogen-bond donors (Lipinski definition) is 0. The number of oxazole rings is 1. The molecule has 0 aliphatic rings. The topological polar surface area (TPSA) is 57.4 Å². The molecule has 4 rings (SSSR count). The van der Waals surface area contributed by atoms with Gasteiger partial charge in [0.25, 0.3) is 0 Å². The fraction of sp³-hybridized carbons (Fsp3) is 0.273. The molecule has 0 N–H and O–H groups in total. The van der Waals surface area contributed by atoms with Crippen molar-refractivity contribution >= 4 is 22.4 Å². The number of ether oxygens (including phenoxy) is 2. The molecule has 0 bridgehead atoms. The van der Waals surface area contributed by atoms with Gasteiger partial charge in [-0.1, -0.05) is 43.7 Å². The van der Waals surface area contributed by atoms with Gasteiger partial charge in [-0.2, -0.15) is 4.98 Å². The molecule has 1 unspecified atom stereocenters. The van der Waals surface area contributed by atoms with Crippen LogP contribution >= 0.6 is 11.3 Å². The van der Waals surface area contributed by atoms with E-state index in [0.29, 0.717) is 23.5 Å². The first-order valence-corrected chi connectivity index (χ1v) is 10.3. The van der Waals surface area contributed by atoms with E-state index in [1.165, 1.54) is 0 Å². The maximum Gasteiger partial charge on any atom is 0.395 e. The van der Waals surface area contributed by atoms with Crippen molar-refractivity contribution in [3.05, 3.63) is 59.6 Å². The Morgan fingerprint density at radius 3 is 2.75 bits per heavy atom. The summed E-state index contributed by atoms with van der Waals surface area (Å²) in [5.74, 6) is 0.668. The summed E-state index contributed by atoms with van der Waals surface area (Å²) in [7, 11) is 0. The van der Waals surface area contributed by atoms with Crippen LogP contribution in [0.4, 0.5) is 0 Å². The average Bonchev–Trinajstić information content (AvgIpc) is 3.37. The molecule has 0 amide bonds. The second-order valence-corrected chi connectivity index (χ2v) is 7.49. The van der Waals surface area contributed by atoms with Gasteiger partial charge < -0.3 is 13.9 Å². The van der Waals surface area contributed by atoms with Crippen LogP contribution in [0.5, 0.6) is 11.8 Å². The van der Waals surface area contributed by atoms with Crippen molar-refractivity contribution in [2.75, 3.05) is 0 Å². The highest BCUT2D eigenvalue weighted by Gasteiger charge is 2.19. The predicted octanol–water partition coefficient (Wildman–Crippen LogP) is 6.10. The van der Waals surface area contributed by atoms with Gasteiger partial charge >= 0.3 is 6.08 Å². The first-order chi connectivity index (χ1) is 13.7. The Kier molecular flexibility index (Phi) is 5.58. The summed E-state index contributed by atoms with van der Waals surface area (Å²) < 4.78 is 17.9. The van der Waals surface area contributed by atoms with Crippen molar-refractivity contribution in [1.29, 1.82) is 0 Å². The van der Waals surface area contributed by atoms with Crippen LogP contribution in [0.3, 0.4) is 0 Å². The number of fused-ring (bicyclic) bond motifs is 1. The van der Waals surface area contributed by atoms with Crippen molar-refractivity contribution in [3.8, 4) is 22.4 Å². The molecule has 0 fully saturated rings. The van der Waals surface area contributed by atoms with Gasteiger partial charge in [0.05, 0.1) is 5.56 Å². The molecule has 144 valence electrons. The lowest BCUT2D eigenvalue weighted by Crippen LogP contribution is -2.10. The minimum atomic E-state index is 0.0371. The molecule has 5 nitrogen and oxygen atoms in total. The van der Waals surface area contributed by atoms with Gasteiger partial charge in [0.1, 0.15) is 23.5 Å². The van der Waals surface area contributed by atoms with Gasteiger partial charge in [-0.3, -0.25) is 0 Å². The lowest BCUT2D eigenvalue weighted by molar-refractivity contribution is 0.157. The lowest BCUT2D eigenvalue weighted by atomic mass is 10.2. The number of thiazole rings is 1.